The van der Waals surface area contributed by atoms with Gasteiger partial charge in [0.2, 0.25) is 0 Å². The summed E-state index contributed by atoms with van der Waals surface area (Å²) in [6.45, 7) is 4.29. The zero-order valence-corrected chi connectivity index (χ0v) is 7.63. The van der Waals surface area contributed by atoms with Crippen molar-refractivity contribution in [2.24, 2.45) is 5.92 Å². The zero-order valence-electron chi connectivity index (χ0n) is 7.63. The first-order valence-electron chi connectivity index (χ1n) is 4.47. The standard InChI is InChI=1S/C10H13FN2/c1-7-5-13(6-7)8-2-3-9(11)10(12)4-8/h2-4,7H,5-6,12H2,1H3. The van der Waals surface area contributed by atoms with Crippen molar-refractivity contribution in [3.8, 4) is 0 Å². The predicted octanol–water partition coefficient (Wildman–Crippen LogP) is 1.86. The van der Waals surface area contributed by atoms with Crippen LogP contribution in [0.1, 0.15) is 6.92 Å². The number of nitrogen functional groups attached to an aromatic ring is 1. The molecule has 3 heteroatoms. The second kappa shape index (κ2) is 2.91. The molecule has 1 fully saturated rings. The lowest BCUT2D eigenvalue weighted by molar-refractivity contribution is 0.447. The van der Waals surface area contributed by atoms with Crippen LogP contribution in [0.2, 0.25) is 0 Å². The fourth-order valence-electron chi connectivity index (χ4n) is 1.64. The molecule has 2 N–H and O–H groups in total. The SMILES string of the molecule is CC1CN(c2ccc(F)c(N)c2)C1. The number of benzene rings is 1. The smallest absolute Gasteiger partial charge is 0.146 e. The Kier molecular flexibility index (Phi) is 1.87. The van der Waals surface area contributed by atoms with Crippen LogP contribution in [0.5, 0.6) is 0 Å². The Hall–Kier alpha value is -1.25. The van der Waals surface area contributed by atoms with E-state index in [2.05, 4.69) is 11.8 Å². The van der Waals surface area contributed by atoms with Crippen LogP contribution in [0.15, 0.2) is 18.2 Å². The van der Waals surface area contributed by atoms with Gasteiger partial charge in [-0.2, -0.15) is 0 Å². The summed E-state index contributed by atoms with van der Waals surface area (Å²) in [5, 5.41) is 0. The molecule has 1 aromatic carbocycles. The molecule has 2 nitrogen and oxygen atoms in total. The summed E-state index contributed by atoms with van der Waals surface area (Å²) in [4.78, 5) is 2.19. The molecule has 1 saturated heterocycles. The monoisotopic (exact) mass is 180 g/mol. The van der Waals surface area contributed by atoms with Gasteiger partial charge >= 0.3 is 0 Å². The van der Waals surface area contributed by atoms with Gasteiger partial charge in [0.15, 0.2) is 0 Å². The summed E-state index contributed by atoms with van der Waals surface area (Å²) in [6, 6.07) is 4.90. The van der Waals surface area contributed by atoms with Gasteiger partial charge in [0.05, 0.1) is 5.69 Å². The molecule has 1 aliphatic heterocycles. The van der Waals surface area contributed by atoms with Gasteiger partial charge in [-0.1, -0.05) is 6.92 Å². The molecule has 0 amide bonds. The largest absolute Gasteiger partial charge is 0.396 e. The van der Waals surface area contributed by atoms with Gasteiger partial charge in [0, 0.05) is 18.8 Å². The number of nitrogens with two attached hydrogens (primary N) is 1. The minimum Gasteiger partial charge on any atom is -0.396 e. The number of halogens is 1. The Balaban J connectivity index is 2.18. The molecule has 0 aliphatic carbocycles. The Morgan fingerprint density at radius 1 is 1.46 bits per heavy atom. The lowest BCUT2D eigenvalue weighted by Gasteiger charge is -2.39. The number of nitrogens with zero attached hydrogens (tertiary/aromatic N) is 1. The molecule has 0 spiro atoms. The van der Waals surface area contributed by atoms with Crippen molar-refractivity contribution >= 4 is 11.4 Å². The maximum atomic E-state index is 12.8. The quantitative estimate of drug-likeness (QED) is 0.668. The maximum Gasteiger partial charge on any atom is 0.146 e. The van der Waals surface area contributed by atoms with Crippen molar-refractivity contribution in [3.05, 3.63) is 24.0 Å². The topological polar surface area (TPSA) is 29.3 Å². The third kappa shape index (κ3) is 1.46. The van der Waals surface area contributed by atoms with Crippen molar-refractivity contribution in [2.45, 2.75) is 6.92 Å². The Bertz CT molecular complexity index is 319. The van der Waals surface area contributed by atoms with Gasteiger partial charge in [0.1, 0.15) is 5.82 Å². The van der Waals surface area contributed by atoms with Crippen LogP contribution in [0.25, 0.3) is 0 Å². The van der Waals surface area contributed by atoms with E-state index >= 15 is 0 Å². The number of hydrogen-bond donors (Lipinski definition) is 1. The van der Waals surface area contributed by atoms with Crippen LogP contribution in [-0.2, 0) is 0 Å². The molecule has 2 rings (SSSR count). The van der Waals surface area contributed by atoms with Crippen LogP contribution in [0.4, 0.5) is 15.8 Å². The molecule has 0 unspecified atom stereocenters. The summed E-state index contributed by atoms with van der Waals surface area (Å²) in [6.07, 6.45) is 0. The zero-order chi connectivity index (χ0) is 9.42. The minimum atomic E-state index is -0.336. The second-order valence-corrected chi connectivity index (χ2v) is 3.72. The van der Waals surface area contributed by atoms with Crippen LogP contribution < -0.4 is 10.6 Å². The van der Waals surface area contributed by atoms with E-state index < -0.39 is 0 Å². The first-order chi connectivity index (χ1) is 6.16. The third-order valence-electron chi connectivity index (χ3n) is 2.41. The lowest BCUT2D eigenvalue weighted by Crippen LogP contribution is -2.45. The highest BCUT2D eigenvalue weighted by atomic mass is 19.1. The average Bonchev–Trinajstić information content (AvgIpc) is 2.05. The molecule has 1 aliphatic rings. The number of anilines is 2. The van der Waals surface area contributed by atoms with Crippen molar-refractivity contribution in [3.63, 3.8) is 0 Å². The fraction of sp³-hybridized carbons (Fsp3) is 0.400. The van der Waals surface area contributed by atoms with E-state index in [1.54, 1.807) is 12.1 Å². The van der Waals surface area contributed by atoms with Gasteiger partial charge in [-0.05, 0) is 24.1 Å². The van der Waals surface area contributed by atoms with Gasteiger partial charge in [-0.15, -0.1) is 0 Å². The lowest BCUT2D eigenvalue weighted by atomic mass is 10.0. The highest BCUT2D eigenvalue weighted by molar-refractivity contribution is 5.57. The highest BCUT2D eigenvalue weighted by Crippen LogP contribution is 2.26. The first kappa shape index (κ1) is 8.35. The van der Waals surface area contributed by atoms with Crippen molar-refractivity contribution < 1.29 is 4.39 Å². The van der Waals surface area contributed by atoms with Gasteiger partial charge in [-0.25, -0.2) is 4.39 Å². The molecule has 70 valence electrons. The van der Waals surface area contributed by atoms with Crippen LogP contribution in [0, 0.1) is 11.7 Å². The van der Waals surface area contributed by atoms with E-state index in [1.165, 1.54) is 6.07 Å². The average molecular weight is 180 g/mol. The summed E-state index contributed by atoms with van der Waals surface area (Å²) in [7, 11) is 0. The molecular weight excluding hydrogens is 167 g/mol. The van der Waals surface area contributed by atoms with E-state index in [0.29, 0.717) is 0 Å². The summed E-state index contributed by atoms with van der Waals surface area (Å²) < 4.78 is 12.8. The van der Waals surface area contributed by atoms with Gasteiger partial charge in [0.25, 0.3) is 0 Å². The Morgan fingerprint density at radius 3 is 2.69 bits per heavy atom. The Labute approximate surface area is 77.2 Å². The Morgan fingerprint density at radius 2 is 2.15 bits per heavy atom. The molecular formula is C10H13FN2. The number of rotatable bonds is 1. The van der Waals surface area contributed by atoms with Crippen LogP contribution >= 0.6 is 0 Å². The molecule has 13 heavy (non-hydrogen) atoms. The normalized spacial score (nSPS) is 17.2. The van der Waals surface area contributed by atoms with E-state index in [4.69, 9.17) is 5.73 Å². The molecule has 0 bridgehead atoms. The third-order valence-corrected chi connectivity index (χ3v) is 2.41. The van der Waals surface area contributed by atoms with Crippen molar-refractivity contribution in [1.82, 2.24) is 0 Å². The van der Waals surface area contributed by atoms with Gasteiger partial charge in [-0.3, -0.25) is 0 Å². The maximum absolute atomic E-state index is 12.8. The molecule has 0 aromatic heterocycles. The van der Waals surface area contributed by atoms with E-state index in [0.717, 1.165) is 24.7 Å². The number of hydrogen-bond acceptors (Lipinski definition) is 2. The van der Waals surface area contributed by atoms with Crippen LogP contribution in [0.3, 0.4) is 0 Å². The van der Waals surface area contributed by atoms with Gasteiger partial charge < -0.3 is 10.6 Å². The molecule has 0 saturated carbocycles. The molecule has 0 radical (unpaired) electrons. The first-order valence-corrected chi connectivity index (χ1v) is 4.47. The summed E-state index contributed by atoms with van der Waals surface area (Å²) >= 11 is 0. The fourth-order valence-corrected chi connectivity index (χ4v) is 1.64. The molecule has 0 atom stereocenters. The summed E-state index contributed by atoms with van der Waals surface area (Å²) in [5.41, 5.74) is 6.73. The molecule has 1 heterocycles. The second-order valence-electron chi connectivity index (χ2n) is 3.72. The highest BCUT2D eigenvalue weighted by Gasteiger charge is 2.22. The van der Waals surface area contributed by atoms with E-state index in [9.17, 15) is 4.39 Å². The predicted molar refractivity (Wildman–Crippen MR) is 52.2 cm³/mol. The molecule has 1 aromatic rings. The minimum absolute atomic E-state index is 0.233. The van der Waals surface area contributed by atoms with Crippen LogP contribution in [-0.4, -0.2) is 13.1 Å². The van der Waals surface area contributed by atoms with E-state index in [-0.39, 0.29) is 11.5 Å². The van der Waals surface area contributed by atoms with E-state index in [1.807, 2.05) is 0 Å². The summed E-state index contributed by atoms with van der Waals surface area (Å²) in [5.74, 6) is 0.406. The van der Waals surface area contributed by atoms with Crippen molar-refractivity contribution in [2.75, 3.05) is 23.7 Å². The van der Waals surface area contributed by atoms with Crippen molar-refractivity contribution in [1.29, 1.82) is 0 Å².